The molecule has 0 aliphatic rings. The molecule has 0 saturated heterocycles. The zero-order valence-electron chi connectivity index (χ0n) is 8.89. The number of benzene rings is 1. The van der Waals surface area contributed by atoms with E-state index >= 15 is 0 Å². The van der Waals surface area contributed by atoms with Gasteiger partial charge in [0.2, 0.25) is 0 Å². The highest BCUT2D eigenvalue weighted by Gasteiger charge is 2.12. The largest absolute Gasteiger partial charge is 0.388 e. The van der Waals surface area contributed by atoms with E-state index in [4.69, 9.17) is 0 Å². The highest BCUT2D eigenvalue weighted by atomic mass is 19.1. The van der Waals surface area contributed by atoms with Gasteiger partial charge in [0.1, 0.15) is 5.82 Å². The van der Waals surface area contributed by atoms with Gasteiger partial charge in [-0.05, 0) is 17.5 Å². The van der Waals surface area contributed by atoms with Crippen molar-refractivity contribution in [3.63, 3.8) is 0 Å². The van der Waals surface area contributed by atoms with Gasteiger partial charge in [-0.2, -0.15) is 0 Å². The molecular formula is C12H16FN. The second-order valence-electron chi connectivity index (χ2n) is 3.58. The van der Waals surface area contributed by atoms with Gasteiger partial charge in [0.25, 0.3) is 0 Å². The Bertz CT molecular complexity index is 342. The average molecular weight is 193 g/mol. The van der Waals surface area contributed by atoms with E-state index in [1.165, 1.54) is 6.07 Å². The SMILES string of the molecule is C=C(NC)c1cccc(F)c1C(C)C. The molecule has 0 aliphatic carbocycles. The van der Waals surface area contributed by atoms with Gasteiger partial charge in [0.15, 0.2) is 0 Å². The lowest BCUT2D eigenvalue weighted by molar-refractivity contribution is 0.597. The van der Waals surface area contributed by atoms with E-state index in [1.54, 1.807) is 13.1 Å². The lowest BCUT2D eigenvalue weighted by atomic mass is 9.95. The van der Waals surface area contributed by atoms with Gasteiger partial charge in [-0.25, -0.2) is 4.39 Å². The van der Waals surface area contributed by atoms with Crippen molar-refractivity contribution in [1.82, 2.24) is 5.32 Å². The molecule has 14 heavy (non-hydrogen) atoms. The Kier molecular flexibility index (Phi) is 3.28. The first-order valence-electron chi connectivity index (χ1n) is 4.73. The van der Waals surface area contributed by atoms with Crippen LogP contribution in [0.1, 0.15) is 30.9 Å². The Hall–Kier alpha value is -1.31. The van der Waals surface area contributed by atoms with E-state index in [9.17, 15) is 4.39 Å². The Morgan fingerprint density at radius 3 is 2.57 bits per heavy atom. The molecular weight excluding hydrogens is 177 g/mol. The molecule has 0 radical (unpaired) electrons. The van der Waals surface area contributed by atoms with Crippen molar-refractivity contribution in [3.05, 3.63) is 41.7 Å². The zero-order valence-corrected chi connectivity index (χ0v) is 8.89. The number of hydrogen-bond donors (Lipinski definition) is 1. The van der Waals surface area contributed by atoms with Crippen LogP contribution in [0, 0.1) is 5.82 Å². The summed E-state index contributed by atoms with van der Waals surface area (Å²) in [6.45, 7) is 7.80. The number of rotatable bonds is 3. The van der Waals surface area contributed by atoms with E-state index in [1.807, 2.05) is 19.9 Å². The third-order valence-corrected chi connectivity index (χ3v) is 2.26. The molecule has 0 atom stereocenters. The first-order valence-corrected chi connectivity index (χ1v) is 4.73. The maximum absolute atomic E-state index is 13.5. The van der Waals surface area contributed by atoms with Crippen molar-refractivity contribution >= 4 is 5.70 Å². The molecule has 0 heterocycles. The maximum atomic E-state index is 13.5. The summed E-state index contributed by atoms with van der Waals surface area (Å²) in [6, 6.07) is 5.08. The lowest BCUT2D eigenvalue weighted by Gasteiger charge is -2.15. The van der Waals surface area contributed by atoms with Crippen LogP contribution in [0.4, 0.5) is 4.39 Å². The molecule has 1 nitrogen and oxygen atoms in total. The average Bonchev–Trinajstić information content (AvgIpc) is 2.15. The summed E-state index contributed by atoms with van der Waals surface area (Å²) in [6.07, 6.45) is 0. The molecule has 0 aliphatic heterocycles. The molecule has 76 valence electrons. The van der Waals surface area contributed by atoms with Crippen molar-refractivity contribution in [3.8, 4) is 0 Å². The van der Waals surface area contributed by atoms with Crippen LogP contribution in [-0.2, 0) is 0 Å². The van der Waals surface area contributed by atoms with Crippen molar-refractivity contribution in [1.29, 1.82) is 0 Å². The molecule has 0 bridgehead atoms. The molecule has 0 spiro atoms. The van der Waals surface area contributed by atoms with Crippen LogP contribution in [-0.4, -0.2) is 7.05 Å². The molecule has 0 fully saturated rings. The summed E-state index contributed by atoms with van der Waals surface area (Å²) in [7, 11) is 1.79. The molecule has 0 aromatic heterocycles. The van der Waals surface area contributed by atoms with Gasteiger partial charge >= 0.3 is 0 Å². The minimum absolute atomic E-state index is 0.158. The molecule has 1 aromatic carbocycles. The summed E-state index contributed by atoms with van der Waals surface area (Å²) in [5.41, 5.74) is 2.35. The van der Waals surface area contributed by atoms with E-state index in [-0.39, 0.29) is 11.7 Å². The van der Waals surface area contributed by atoms with Gasteiger partial charge in [-0.15, -0.1) is 0 Å². The van der Waals surface area contributed by atoms with Crippen LogP contribution >= 0.6 is 0 Å². The first-order chi connectivity index (χ1) is 6.57. The van der Waals surface area contributed by atoms with E-state index in [2.05, 4.69) is 11.9 Å². The summed E-state index contributed by atoms with van der Waals surface area (Å²) in [5.74, 6) is 0.00481. The van der Waals surface area contributed by atoms with Gasteiger partial charge in [-0.3, -0.25) is 0 Å². The molecule has 0 amide bonds. The van der Waals surface area contributed by atoms with E-state index < -0.39 is 0 Å². The third-order valence-electron chi connectivity index (χ3n) is 2.26. The van der Waals surface area contributed by atoms with Gasteiger partial charge < -0.3 is 5.32 Å². The summed E-state index contributed by atoms with van der Waals surface area (Å²) in [4.78, 5) is 0. The Morgan fingerprint density at radius 2 is 2.07 bits per heavy atom. The van der Waals surface area contributed by atoms with Crippen LogP contribution in [0.15, 0.2) is 24.8 Å². The van der Waals surface area contributed by atoms with Crippen LogP contribution < -0.4 is 5.32 Å². The zero-order chi connectivity index (χ0) is 10.7. The third kappa shape index (κ3) is 1.95. The predicted octanol–water partition coefficient (Wildman–Crippen LogP) is 3.14. The van der Waals surface area contributed by atoms with Crippen molar-refractivity contribution in [2.45, 2.75) is 19.8 Å². The highest BCUT2D eigenvalue weighted by molar-refractivity contribution is 5.65. The normalized spacial score (nSPS) is 10.4. The molecule has 1 aromatic rings. The van der Waals surface area contributed by atoms with Crippen LogP contribution in [0.2, 0.25) is 0 Å². The summed E-state index contributed by atoms with van der Waals surface area (Å²) < 4.78 is 13.5. The maximum Gasteiger partial charge on any atom is 0.127 e. The first kappa shape index (κ1) is 10.8. The van der Waals surface area contributed by atoms with Gasteiger partial charge in [0, 0.05) is 18.3 Å². The Labute approximate surface area is 84.6 Å². The number of halogens is 1. The van der Waals surface area contributed by atoms with Crippen molar-refractivity contribution in [2.24, 2.45) is 0 Å². The molecule has 0 saturated carbocycles. The van der Waals surface area contributed by atoms with Crippen LogP contribution in [0.3, 0.4) is 0 Å². The lowest BCUT2D eigenvalue weighted by Crippen LogP contribution is -2.08. The smallest absolute Gasteiger partial charge is 0.127 e. The molecule has 2 heteroatoms. The monoisotopic (exact) mass is 193 g/mol. The highest BCUT2D eigenvalue weighted by Crippen LogP contribution is 2.26. The second kappa shape index (κ2) is 4.27. The topological polar surface area (TPSA) is 12.0 Å². The fourth-order valence-electron chi connectivity index (χ4n) is 1.52. The fraction of sp³-hybridized carbons (Fsp3) is 0.333. The fourth-order valence-corrected chi connectivity index (χ4v) is 1.52. The van der Waals surface area contributed by atoms with Crippen molar-refractivity contribution in [2.75, 3.05) is 7.05 Å². The molecule has 1 rings (SSSR count). The van der Waals surface area contributed by atoms with Gasteiger partial charge in [0.05, 0.1) is 0 Å². The summed E-state index contributed by atoms with van der Waals surface area (Å²) >= 11 is 0. The number of nitrogens with one attached hydrogen (secondary N) is 1. The minimum atomic E-state index is -0.158. The van der Waals surface area contributed by atoms with Gasteiger partial charge in [-0.1, -0.05) is 32.6 Å². The Balaban J connectivity index is 3.28. The van der Waals surface area contributed by atoms with Crippen molar-refractivity contribution < 1.29 is 4.39 Å². The molecule has 1 N–H and O–H groups in total. The molecule has 0 unspecified atom stereocenters. The Morgan fingerprint density at radius 1 is 1.43 bits per heavy atom. The summed E-state index contributed by atoms with van der Waals surface area (Å²) in [5, 5.41) is 2.94. The van der Waals surface area contributed by atoms with E-state index in [0.717, 1.165) is 16.8 Å². The quantitative estimate of drug-likeness (QED) is 0.777. The number of hydrogen-bond acceptors (Lipinski definition) is 1. The van der Waals surface area contributed by atoms with E-state index in [0.29, 0.717) is 0 Å². The van der Waals surface area contributed by atoms with Crippen LogP contribution in [0.25, 0.3) is 5.70 Å². The van der Waals surface area contributed by atoms with Crippen LogP contribution in [0.5, 0.6) is 0 Å². The second-order valence-corrected chi connectivity index (χ2v) is 3.58. The minimum Gasteiger partial charge on any atom is -0.388 e. The standard InChI is InChI=1S/C12H16FN/c1-8(2)12-10(9(3)14-4)6-5-7-11(12)13/h5-8,14H,3H2,1-2,4H3. The predicted molar refractivity (Wildman–Crippen MR) is 58.6 cm³/mol.